The van der Waals surface area contributed by atoms with Gasteiger partial charge in [0.2, 0.25) is 11.6 Å². The van der Waals surface area contributed by atoms with Crippen molar-refractivity contribution >= 4 is 68.1 Å². The zero-order valence-corrected chi connectivity index (χ0v) is 20.3. The maximum absolute atomic E-state index is 12.1. The van der Waals surface area contributed by atoms with E-state index in [1.165, 1.54) is 0 Å². The van der Waals surface area contributed by atoms with Gasteiger partial charge in [0.1, 0.15) is 16.3 Å². The number of carboxylic acids is 2. The number of azo groups is 2. The number of aromatic carboxylic acids is 2. The Morgan fingerprint density at radius 2 is 1.38 bits per heavy atom. The van der Waals surface area contributed by atoms with E-state index in [-0.39, 0.29) is 22.3 Å². The highest BCUT2D eigenvalue weighted by molar-refractivity contribution is 7.94. The average molecular weight is 598 g/mol. The van der Waals surface area contributed by atoms with Crippen molar-refractivity contribution in [1.29, 1.82) is 0 Å². The van der Waals surface area contributed by atoms with Crippen molar-refractivity contribution in [2.45, 2.75) is 9.79 Å². The van der Waals surface area contributed by atoms with Crippen molar-refractivity contribution in [3.05, 3.63) is 23.8 Å². The molecule has 2 aromatic heterocycles. The molecule has 0 spiro atoms. The number of nitrogens with one attached hydrogen (secondary N) is 2. The van der Waals surface area contributed by atoms with Gasteiger partial charge in [-0.2, -0.15) is 8.42 Å². The first-order valence-electron chi connectivity index (χ1n) is 9.74. The fraction of sp³-hybridized carbons (Fsp3) is 0. The van der Waals surface area contributed by atoms with Gasteiger partial charge in [-0.05, 0) is 17.5 Å². The fourth-order valence-electron chi connectivity index (χ4n) is 2.95. The quantitative estimate of drug-likeness (QED) is 0.0426. The Kier molecular flexibility index (Phi) is 7.61. The van der Waals surface area contributed by atoms with Crippen LogP contribution in [0.1, 0.15) is 21.2 Å². The molecule has 208 valence electrons. The highest BCUT2D eigenvalue weighted by Gasteiger charge is 2.26. The first-order chi connectivity index (χ1) is 18.9. The molecule has 4 aromatic rings. The average Bonchev–Trinajstić information content (AvgIpc) is 3.56. The minimum Gasteiger partial charge on any atom is -0.505 e. The zero-order valence-electron chi connectivity index (χ0n) is 18.7. The van der Waals surface area contributed by atoms with Gasteiger partial charge in [0.25, 0.3) is 22.0 Å². The molecule has 0 aliphatic heterocycles. The third-order valence-electron chi connectivity index (χ3n) is 4.53. The minimum absolute atomic E-state index is 0.223. The van der Waals surface area contributed by atoms with Gasteiger partial charge in [0, 0.05) is 0 Å². The molecule has 2 heterocycles. The molecule has 40 heavy (non-hydrogen) atoms. The molecule has 0 fully saturated rings. The summed E-state index contributed by atoms with van der Waals surface area (Å²) in [7, 11) is -5.11. The molecule has 0 amide bonds. The van der Waals surface area contributed by atoms with Gasteiger partial charge in [-0.1, -0.05) is 5.04 Å². The van der Waals surface area contributed by atoms with Crippen LogP contribution < -0.4 is 0 Å². The Morgan fingerprint density at radius 1 is 0.850 bits per heavy atom. The molecule has 0 saturated carbocycles. The molecule has 8 N–H and O–H groups in total. The van der Waals surface area contributed by atoms with Crippen LogP contribution in [0.2, 0.25) is 0 Å². The van der Waals surface area contributed by atoms with Gasteiger partial charge in [0.15, 0.2) is 11.5 Å². The lowest BCUT2D eigenvalue weighted by atomic mass is 10.1. The predicted octanol–water partition coefficient (Wildman–Crippen LogP) is 2.39. The standard InChI is InChI=1S/C16H10N10O12S2/c27-9-6-3(1-4(39-38-37-33)7(9)19-23-15-17-11(13(29)30)21-25-15)2-5(40(34,35)36)8(10(6)28)20-24-16-18-12(14(31)32)22-26-16/h1-2,27-28,33H,(H,29,30)(H,31,32)(H,17,21,25)(H,18,22,26)(H,34,35,36)/b23-19+,24-20+. The number of hydrogen-bond donors (Lipinski definition) is 8. The summed E-state index contributed by atoms with van der Waals surface area (Å²) in [6, 6.07) is 1.82. The number of carboxylic acid groups (broad SMARTS) is 2. The number of hydrogen-bond acceptors (Lipinski definition) is 18. The molecule has 22 nitrogen and oxygen atoms in total. The van der Waals surface area contributed by atoms with Gasteiger partial charge in [0.05, 0.1) is 22.3 Å². The number of nitrogens with zero attached hydrogens (tertiary/aromatic N) is 8. The largest absolute Gasteiger partial charge is 0.505 e. The molecule has 2 aromatic carbocycles. The molecule has 0 aliphatic carbocycles. The van der Waals surface area contributed by atoms with Crippen molar-refractivity contribution in [3.63, 3.8) is 0 Å². The van der Waals surface area contributed by atoms with E-state index in [1.54, 1.807) is 0 Å². The lowest BCUT2D eigenvalue weighted by Crippen LogP contribution is -1.99. The number of carbonyl (C=O) groups is 2. The van der Waals surface area contributed by atoms with Gasteiger partial charge in [-0.25, -0.2) is 14.8 Å². The van der Waals surface area contributed by atoms with Crippen molar-refractivity contribution in [3.8, 4) is 11.5 Å². The van der Waals surface area contributed by atoms with Crippen LogP contribution in [0.15, 0.2) is 42.4 Å². The number of rotatable bonds is 10. The molecule has 0 unspecified atom stereocenters. The second kappa shape index (κ2) is 10.9. The topological polar surface area (TPSA) is 341 Å². The molecular weight excluding hydrogens is 588 g/mol. The lowest BCUT2D eigenvalue weighted by Gasteiger charge is -2.13. The summed E-state index contributed by atoms with van der Waals surface area (Å²) < 4.78 is 38.2. The Bertz CT molecular complexity index is 1820. The number of aromatic hydroxyl groups is 2. The van der Waals surface area contributed by atoms with Crippen LogP contribution >= 0.6 is 12.0 Å². The molecule has 0 radical (unpaired) electrons. The van der Waals surface area contributed by atoms with Gasteiger partial charge < -0.3 is 20.4 Å². The summed E-state index contributed by atoms with van der Waals surface area (Å²) >= 11 is 0.228. The van der Waals surface area contributed by atoms with Crippen LogP contribution in [0, 0.1) is 0 Å². The molecule has 0 atom stereocenters. The number of phenolic OH excluding ortho intramolecular Hbond substituents is 2. The third-order valence-corrected chi connectivity index (χ3v) is 6.01. The lowest BCUT2D eigenvalue weighted by molar-refractivity contribution is -0.432. The number of benzene rings is 2. The Balaban J connectivity index is 1.92. The van der Waals surface area contributed by atoms with Crippen LogP contribution in [0.3, 0.4) is 0 Å². The molecule has 4 rings (SSSR count). The number of aromatic amines is 2. The van der Waals surface area contributed by atoms with E-state index in [1.807, 2.05) is 0 Å². The third kappa shape index (κ3) is 5.65. The van der Waals surface area contributed by atoms with Gasteiger partial charge >= 0.3 is 11.9 Å². The minimum atomic E-state index is -5.11. The molecular formula is C16H10N10O12S2. The van der Waals surface area contributed by atoms with Crippen LogP contribution in [0.5, 0.6) is 11.5 Å². The summed E-state index contributed by atoms with van der Waals surface area (Å²) in [4.78, 5) is 25.0. The SMILES string of the molecule is O=C(O)c1nnc(/N=N/c2c(SOOO)cc3cc(S(=O)(=O)O)c(/N=N/c4nnc(C(=O)O)[nH]4)c(O)c3c2O)[nH]1. The molecule has 0 aliphatic rings. The van der Waals surface area contributed by atoms with Crippen LogP contribution in [0.25, 0.3) is 10.8 Å². The van der Waals surface area contributed by atoms with Crippen molar-refractivity contribution in [2.24, 2.45) is 20.5 Å². The van der Waals surface area contributed by atoms with Crippen LogP contribution in [-0.4, -0.2) is 81.0 Å². The van der Waals surface area contributed by atoms with E-state index in [9.17, 15) is 32.8 Å². The van der Waals surface area contributed by atoms with Crippen molar-refractivity contribution in [1.82, 2.24) is 30.4 Å². The van der Waals surface area contributed by atoms with Gasteiger partial charge in [-0.15, -0.1) is 45.2 Å². The van der Waals surface area contributed by atoms with E-state index in [0.717, 1.165) is 12.1 Å². The summed E-state index contributed by atoms with van der Waals surface area (Å²) in [6.45, 7) is 0. The smallest absolute Gasteiger partial charge is 0.373 e. The highest BCUT2D eigenvalue weighted by Crippen LogP contribution is 2.51. The van der Waals surface area contributed by atoms with Crippen LogP contribution in [0.4, 0.5) is 23.3 Å². The van der Waals surface area contributed by atoms with E-state index in [0.29, 0.717) is 0 Å². The summed E-state index contributed by atoms with van der Waals surface area (Å²) in [5.41, 5.74) is -1.43. The summed E-state index contributed by atoms with van der Waals surface area (Å²) in [5.74, 6) is -7.11. The Labute approximate surface area is 221 Å². The monoisotopic (exact) mass is 598 g/mol. The van der Waals surface area contributed by atoms with E-state index in [2.05, 4.69) is 60.2 Å². The second-order valence-corrected chi connectivity index (χ2v) is 9.08. The number of fused-ring (bicyclic) bond motifs is 1. The summed E-state index contributed by atoms with van der Waals surface area (Å²) in [6.07, 6.45) is 0. The predicted molar refractivity (Wildman–Crippen MR) is 123 cm³/mol. The van der Waals surface area contributed by atoms with Crippen molar-refractivity contribution < 1.29 is 57.6 Å². The zero-order chi connectivity index (χ0) is 29.2. The highest BCUT2D eigenvalue weighted by atomic mass is 32.2. The Hall–Kier alpha value is -5.14. The number of H-pyrrole nitrogens is 2. The number of phenols is 2. The normalized spacial score (nSPS) is 12.2. The maximum Gasteiger partial charge on any atom is 0.373 e. The fourth-order valence-corrected chi connectivity index (χ4v) is 4.10. The van der Waals surface area contributed by atoms with Crippen molar-refractivity contribution in [2.75, 3.05) is 0 Å². The second-order valence-electron chi connectivity index (χ2n) is 6.95. The maximum atomic E-state index is 12.1. The molecule has 24 heteroatoms. The van der Waals surface area contributed by atoms with Crippen LogP contribution in [-0.2, 0) is 19.5 Å². The molecule has 0 bridgehead atoms. The van der Waals surface area contributed by atoms with E-state index in [4.69, 9.17) is 15.5 Å². The van der Waals surface area contributed by atoms with Gasteiger partial charge in [-0.3, -0.25) is 14.5 Å². The van der Waals surface area contributed by atoms with E-state index >= 15 is 0 Å². The Morgan fingerprint density at radius 3 is 1.85 bits per heavy atom. The van der Waals surface area contributed by atoms with E-state index < -0.39 is 78.8 Å². The first-order valence-corrected chi connectivity index (χ1v) is 11.9. The summed E-state index contributed by atoms with van der Waals surface area (Å²) in [5, 5.41) is 78.5. The first kappa shape index (κ1) is 27.9. The molecule has 0 saturated heterocycles. The number of aromatic nitrogens is 6.